The molecule has 0 bridgehead atoms. The Kier molecular flexibility index (Phi) is 11.3. The maximum atomic E-state index is 12.4. The van der Waals surface area contributed by atoms with E-state index in [1.54, 1.807) is 6.92 Å². The lowest BCUT2D eigenvalue weighted by atomic mass is 9.71. The minimum atomic E-state index is -0.582. The van der Waals surface area contributed by atoms with E-state index in [2.05, 4.69) is 53.3 Å². The zero-order valence-electron chi connectivity index (χ0n) is 23.1. The Hall–Kier alpha value is -2.93. The number of nitrogens with one attached hydrogen (secondary N) is 2. The van der Waals surface area contributed by atoms with Crippen molar-refractivity contribution in [3.05, 3.63) is 11.4 Å². The second-order valence-corrected chi connectivity index (χ2v) is 12.3. The summed E-state index contributed by atoms with van der Waals surface area (Å²) in [5.74, 6) is -0.677. The molecule has 1 atom stereocenters. The van der Waals surface area contributed by atoms with E-state index in [0.29, 0.717) is 31.9 Å². The van der Waals surface area contributed by atoms with Gasteiger partial charge in [-0.15, -0.1) is 0 Å². The summed E-state index contributed by atoms with van der Waals surface area (Å²) in [6, 6.07) is 0. The topological polar surface area (TPSA) is 201 Å². The highest BCUT2D eigenvalue weighted by Gasteiger charge is 2.31. The SMILES string of the molecule is Cc1nc(C(=O)NC(N)=NCCCC(C)(C)CC(C)(C)CCOCCCC2SC(=O)NC2=O)c(N)nc1N. The summed E-state index contributed by atoms with van der Waals surface area (Å²) < 4.78 is 5.80. The average Bonchev–Trinajstić information content (AvgIpc) is 3.12. The molecule has 0 aliphatic carbocycles. The molecule has 2 heterocycles. The van der Waals surface area contributed by atoms with Crippen molar-refractivity contribution in [3.8, 4) is 0 Å². The van der Waals surface area contributed by atoms with E-state index in [1.807, 2.05) is 0 Å². The van der Waals surface area contributed by atoms with Crippen molar-refractivity contribution in [2.24, 2.45) is 21.6 Å². The molecule has 3 amide bonds. The molecule has 12 nitrogen and oxygen atoms in total. The molecule has 8 N–H and O–H groups in total. The lowest BCUT2D eigenvalue weighted by molar-refractivity contribution is -0.119. The third-order valence-corrected chi connectivity index (χ3v) is 7.34. The number of anilines is 2. The quantitative estimate of drug-likeness (QED) is 0.130. The molecule has 1 saturated heterocycles. The number of carbonyl (C=O) groups is 3. The van der Waals surface area contributed by atoms with E-state index in [1.165, 1.54) is 0 Å². The number of nitrogens with two attached hydrogens (primary N) is 3. The number of aromatic nitrogens is 2. The minimum Gasteiger partial charge on any atom is -0.382 e. The third kappa shape index (κ3) is 10.4. The molecule has 0 saturated carbocycles. The number of imide groups is 1. The van der Waals surface area contributed by atoms with Gasteiger partial charge in [-0.05, 0) is 56.3 Å². The Labute approximate surface area is 228 Å². The maximum Gasteiger partial charge on any atom is 0.286 e. The van der Waals surface area contributed by atoms with Crippen LogP contribution in [0.1, 0.15) is 82.4 Å². The molecular weight excluding hydrogens is 508 g/mol. The van der Waals surface area contributed by atoms with Gasteiger partial charge < -0.3 is 21.9 Å². The highest BCUT2D eigenvalue weighted by molar-refractivity contribution is 8.15. The molecule has 0 spiro atoms. The van der Waals surface area contributed by atoms with Crippen molar-refractivity contribution < 1.29 is 19.1 Å². The number of rotatable bonds is 14. The van der Waals surface area contributed by atoms with Crippen LogP contribution in [0.3, 0.4) is 0 Å². The molecule has 1 aromatic rings. The van der Waals surface area contributed by atoms with Crippen LogP contribution in [-0.4, -0.2) is 58.0 Å². The van der Waals surface area contributed by atoms with Crippen LogP contribution in [0.15, 0.2) is 4.99 Å². The zero-order valence-corrected chi connectivity index (χ0v) is 23.9. The van der Waals surface area contributed by atoms with E-state index in [9.17, 15) is 14.4 Å². The smallest absolute Gasteiger partial charge is 0.286 e. The van der Waals surface area contributed by atoms with Crippen LogP contribution >= 0.6 is 11.8 Å². The van der Waals surface area contributed by atoms with Crippen molar-refractivity contribution in [1.29, 1.82) is 0 Å². The Morgan fingerprint density at radius 2 is 1.76 bits per heavy atom. The van der Waals surface area contributed by atoms with E-state index in [0.717, 1.165) is 43.9 Å². The van der Waals surface area contributed by atoms with E-state index < -0.39 is 5.91 Å². The first-order valence-electron chi connectivity index (χ1n) is 12.8. The largest absolute Gasteiger partial charge is 0.382 e. The molecular formula is C25H42N8O4S. The second-order valence-electron chi connectivity index (χ2n) is 11.1. The van der Waals surface area contributed by atoms with Gasteiger partial charge in [0.2, 0.25) is 5.91 Å². The summed E-state index contributed by atoms with van der Waals surface area (Å²) >= 11 is 1.06. The van der Waals surface area contributed by atoms with E-state index >= 15 is 0 Å². The molecule has 0 radical (unpaired) electrons. The van der Waals surface area contributed by atoms with Gasteiger partial charge in [-0.1, -0.05) is 39.5 Å². The average molecular weight is 551 g/mol. The molecule has 38 heavy (non-hydrogen) atoms. The summed E-state index contributed by atoms with van der Waals surface area (Å²) in [6.45, 7) is 12.3. The Balaban J connectivity index is 1.66. The van der Waals surface area contributed by atoms with Gasteiger partial charge in [0.25, 0.3) is 11.1 Å². The van der Waals surface area contributed by atoms with Crippen LogP contribution in [0.5, 0.6) is 0 Å². The number of hydrogen-bond donors (Lipinski definition) is 5. The predicted octanol–water partition coefficient (Wildman–Crippen LogP) is 2.76. The van der Waals surface area contributed by atoms with Crippen LogP contribution in [0.2, 0.25) is 0 Å². The summed E-state index contributed by atoms with van der Waals surface area (Å²) in [5.41, 5.74) is 17.8. The molecule has 1 aliphatic heterocycles. The summed E-state index contributed by atoms with van der Waals surface area (Å²) in [6.07, 6.45) is 5.06. The number of aryl methyl sites for hydroxylation is 1. The lowest BCUT2D eigenvalue weighted by Crippen LogP contribution is -2.38. The van der Waals surface area contributed by atoms with Crippen molar-refractivity contribution in [2.45, 2.75) is 78.4 Å². The molecule has 0 aromatic carbocycles. The number of nitrogen functional groups attached to an aromatic ring is 2. The molecule has 1 unspecified atom stereocenters. The molecule has 13 heteroatoms. The van der Waals surface area contributed by atoms with Gasteiger partial charge in [-0.2, -0.15) is 0 Å². The number of aliphatic imine (C=N–C) groups is 1. The predicted molar refractivity (Wildman–Crippen MR) is 151 cm³/mol. The van der Waals surface area contributed by atoms with E-state index in [4.69, 9.17) is 21.9 Å². The molecule has 2 rings (SSSR count). The van der Waals surface area contributed by atoms with Crippen LogP contribution in [0.25, 0.3) is 0 Å². The highest BCUT2D eigenvalue weighted by Crippen LogP contribution is 2.39. The van der Waals surface area contributed by atoms with Gasteiger partial charge in [0.15, 0.2) is 17.5 Å². The van der Waals surface area contributed by atoms with Crippen molar-refractivity contribution in [3.63, 3.8) is 0 Å². The Morgan fingerprint density at radius 3 is 2.42 bits per heavy atom. The van der Waals surface area contributed by atoms with Crippen LogP contribution < -0.4 is 27.8 Å². The van der Waals surface area contributed by atoms with E-state index in [-0.39, 0.29) is 50.5 Å². The van der Waals surface area contributed by atoms with Crippen LogP contribution in [0.4, 0.5) is 16.4 Å². The Morgan fingerprint density at radius 1 is 1.08 bits per heavy atom. The highest BCUT2D eigenvalue weighted by atomic mass is 32.2. The van der Waals surface area contributed by atoms with Gasteiger partial charge in [-0.25, -0.2) is 9.97 Å². The van der Waals surface area contributed by atoms with Gasteiger partial charge in [0.1, 0.15) is 5.82 Å². The molecule has 1 fully saturated rings. The number of hydrogen-bond acceptors (Lipinski definition) is 10. The van der Waals surface area contributed by atoms with Crippen molar-refractivity contribution in [1.82, 2.24) is 20.6 Å². The number of thioether (sulfide) groups is 1. The first-order valence-corrected chi connectivity index (χ1v) is 13.7. The van der Waals surface area contributed by atoms with Gasteiger partial charge >= 0.3 is 0 Å². The zero-order chi connectivity index (χ0) is 28.5. The van der Waals surface area contributed by atoms with Gasteiger partial charge in [0, 0.05) is 19.8 Å². The first kappa shape index (κ1) is 31.3. The minimum absolute atomic E-state index is 0.000263. The second kappa shape index (κ2) is 13.7. The number of ether oxygens (including phenoxy) is 1. The monoisotopic (exact) mass is 550 g/mol. The summed E-state index contributed by atoms with van der Waals surface area (Å²) in [4.78, 5) is 47.4. The van der Waals surface area contributed by atoms with Crippen molar-refractivity contribution in [2.75, 3.05) is 31.2 Å². The number of guanidine groups is 1. The summed E-state index contributed by atoms with van der Waals surface area (Å²) in [5, 5.41) is 4.24. The fourth-order valence-corrected chi connectivity index (χ4v) is 5.43. The third-order valence-electron chi connectivity index (χ3n) is 6.29. The fourth-order valence-electron chi connectivity index (χ4n) is 4.56. The lowest BCUT2D eigenvalue weighted by Gasteiger charge is -2.35. The number of nitrogens with zero attached hydrogens (tertiary/aromatic N) is 3. The first-order chi connectivity index (χ1) is 17.7. The summed E-state index contributed by atoms with van der Waals surface area (Å²) in [7, 11) is 0. The number of carbonyl (C=O) groups excluding carboxylic acids is 3. The molecule has 1 aromatic heterocycles. The van der Waals surface area contributed by atoms with Gasteiger partial charge in [-0.3, -0.25) is 30.0 Å². The molecule has 212 valence electrons. The molecule has 1 aliphatic rings. The van der Waals surface area contributed by atoms with Gasteiger partial charge in [0.05, 0.1) is 10.9 Å². The van der Waals surface area contributed by atoms with Crippen LogP contribution in [-0.2, 0) is 9.53 Å². The standard InChI is InChI=1S/C25H42N8O4S/c1-15-18(26)31-19(27)17(30-15)21(35)32-22(28)29-11-7-9-24(2,3)14-25(4,5)10-13-37-12-6-8-16-20(34)33-23(36)38-16/h16H,6-14H2,1-5H3,(H4,26,27,31)(H,33,34,36)(H3,28,29,32,35). The fraction of sp³-hybridized carbons (Fsp3) is 0.680. The van der Waals surface area contributed by atoms with Crippen LogP contribution in [0, 0.1) is 17.8 Å². The Bertz CT molecular complexity index is 1040. The normalized spacial score (nSPS) is 16.6. The maximum absolute atomic E-state index is 12.4. The van der Waals surface area contributed by atoms with Crippen molar-refractivity contribution >= 4 is 46.4 Å². The number of amides is 3.